The van der Waals surface area contributed by atoms with Crippen LogP contribution in [-0.4, -0.2) is 15.3 Å². The first-order chi connectivity index (χ1) is 6.24. The summed E-state index contributed by atoms with van der Waals surface area (Å²) in [5, 5.41) is 0.491. The van der Waals surface area contributed by atoms with E-state index in [1.165, 1.54) is 10.8 Å². The Morgan fingerprint density at radius 1 is 1.54 bits per heavy atom. The van der Waals surface area contributed by atoms with E-state index >= 15 is 0 Å². The molecule has 0 unspecified atom stereocenters. The number of halogens is 1. The molecule has 72 valence electrons. The molecule has 0 fully saturated rings. The second kappa shape index (κ2) is 5.29. The average Bonchev–Trinajstić information content (AvgIpc) is 2.11. The van der Waals surface area contributed by atoms with Crippen LogP contribution in [0.1, 0.15) is 12.8 Å². The third-order valence-corrected chi connectivity index (χ3v) is 2.14. The second-order valence-electron chi connectivity index (χ2n) is 2.68. The normalized spacial score (nSPS) is 10.3. The highest BCUT2D eigenvalue weighted by molar-refractivity contribution is 7.80. The van der Waals surface area contributed by atoms with E-state index in [9.17, 15) is 4.79 Å². The van der Waals surface area contributed by atoms with E-state index in [4.69, 9.17) is 11.6 Å². The largest absolute Gasteiger partial charge is 0.347 e. The van der Waals surface area contributed by atoms with Gasteiger partial charge in [0.2, 0.25) is 0 Å². The van der Waals surface area contributed by atoms with Crippen molar-refractivity contribution in [1.29, 1.82) is 0 Å². The minimum atomic E-state index is -0.247. The average molecular weight is 219 g/mol. The van der Waals surface area contributed by atoms with Crippen LogP contribution < -0.4 is 5.69 Å². The Hall–Kier alpha value is -0.480. The molecule has 0 amide bonds. The smallest absolute Gasteiger partial charge is 0.298 e. The molecule has 5 heteroatoms. The standard InChI is InChI=1S/C8H11ClN2OS/c9-7-5-10-8(12)11(6-7)3-1-2-4-13/h5-6,13H,1-4H2. The number of aryl methyl sites for hydroxylation is 1. The van der Waals surface area contributed by atoms with Gasteiger partial charge in [-0.15, -0.1) is 0 Å². The Morgan fingerprint density at radius 2 is 2.31 bits per heavy atom. The highest BCUT2D eigenvalue weighted by atomic mass is 35.5. The summed E-state index contributed by atoms with van der Waals surface area (Å²) in [5.74, 6) is 0.836. The van der Waals surface area contributed by atoms with Crippen LogP contribution in [0.25, 0.3) is 0 Å². The van der Waals surface area contributed by atoms with Gasteiger partial charge in [-0.3, -0.25) is 4.57 Å². The number of aromatic nitrogens is 2. The molecular formula is C8H11ClN2OS. The number of hydrogen-bond acceptors (Lipinski definition) is 3. The Morgan fingerprint density at radius 3 is 3.00 bits per heavy atom. The lowest BCUT2D eigenvalue weighted by Gasteiger charge is -2.03. The predicted octanol–water partition coefficient (Wildman–Crippen LogP) is 1.61. The monoisotopic (exact) mass is 218 g/mol. The van der Waals surface area contributed by atoms with Crippen LogP contribution in [0.5, 0.6) is 0 Å². The molecule has 1 rings (SSSR count). The summed E-state index contributed by atoms with van der Waals surface area (Å²) in [7, 11) is 0. The maximum atomic E-state index is 11.1. The summed E-state index contributed by atoms with van der Waals surface area (Å²) in [4.78, 5) is 14.8. The first-order valence-corrected chi connectivity index (χ1v) is 5.08. The molecule has 0 aliphatic carbocycles. The Kier molecular flexibility index (Phi) is 4.32. The molecule has 0 aliphatic rings. The van der Waals surface area contributed by atoms with Gasteiger partial charge in [0.15, 0.2) is 0 Å². The van der Waals surface area contributed by atoms with Crippen molar-refractivity contribution in [3.8, 4) is 0 Å². The lowest BCUT2D eigenvalue weighted by molar-refractivity contribution is 0.602. The van der Waals surface area contributed by atoms with Crippen molar-refractivity contribution in [2.24, 2.45) is 0 Å². The lowest BCUT2D eigenvalue weighted by atomic mass is 10.3. The van der Waals surface area contributed by atoms with Crippen molar-refractivity contribution in [3.05, 3.63) is 27.9 Å². The molecule has 3 nitrogen and oxygen atoms in total. The first kappa shape index (κ1) is 10.6. The third kappa shape index (κ3) is 3.40. The fourth-order valence-corrected chi connectivity index (χ4v) is 1.37. The van der Waals surface area contributed by atoms with Gasteiger partial charge in [0.1, 0.15) is 0 Å². The molecule has 0 aliphatic heterocycles. The first-order valence-electron chi connectivity index (χ1n) is 4.07. The van der Waals surface area contributed by atoms with Gasteiger partial charge in [-0.2, -0.15) is 12.6 Å². The summed E-state index contributed by atoms with van der Waals surface area (Å²) < 4.78 is 1.52. The van der Waals surface area contributed by atoms with E-state index in [0.717, 1.165) is 18.6 Å². The highest BCUT2D eigenvalue weighted by Gasteiger charge is 1.97. The summed E-state index contributed by atoms with van der Waals surface area (Å²) >= 11 is 9.78. The lowest BCUT2D eigenvalue weighted by Crippen LogP contribution is -2.21. The fraction of sp³-hybridized carbons (Fsp3) is 0.500. The SMILES string of the molecule is O=c1ncc(Cl)cn1CCCCS. The Bertz CT molecular complexity index is 326. The van der Waals surface area contributed by atoms with Crippen molar-refractivity contribution in [2.45, 2.75) is 19.4 Å². The van der Waals surface area contributed by atoms with Crippen molar-refractivity contribution < 1.29 is 0 Å². The number of unbranched alkanes of at least 4 members (excludes halogenated alkanes) is 1. The minimum Gasteiger partial charge on any atom is -0.298 e. The number of rotatable bonds is 4. The fourth-order valence-electron chi connectivity index (χ4n) is 0.983. The summed E-state index contributed by atoms with van der Waals surface area (Å²) in [6.45, 7) is 0.660. The number of nitrogens with zero attached hydrogens (tertiary/aromatic N) is 2. The van der Waals surface area contributed by atoms with Crippen molar-refractivity contribution >= 4 is 24.2 Å². The van der Waals surface area contributed by atoms with Crippen molar-refractivity contribution in [3.63, 3.8) is 0 Å². The van der Waals surface area contributed by atoms with Gasteiger partial charge in [-0.25, -0.2) is 9.78 Å². The van der Waals surface area contributed by atoms with E-state index in [1.807, 2.05) is 0 Å². The van der Waals surface area contributed by atoms with E-state index < -0.39 is 0 Å². The Labute approximate surface area is 87.2 Å². The molecule has 0 saturated carbocycles. The molecule has 0 atom stereocenters. The van der Waals surface area contributed by atoms with E-state index in [0.29, 0.717) is 11.6 Å². The van der Waals surface area contributed by atoms with Crippen molar-refractivity contribution in [1.82, 2.24) is 9.55 Å². The summed E-state index contributed by atoms with van der Waals surface area (Å²) in [6.07, 6.45) is 4.88. The summed E-state index contributed by atoms with van der Waals surface area (Å²) in [5.41, 5.74) is -0.247. The quantitative estimate of drug-likeness (QED) is 0.616. The second-order valence-corrected chi connectivity index (χ2v) is 3.56. The zero-order valence-corrected chi connectivity index (χ0v) is 8.76. The summed E-state index contributed by atoms with van der Waals surface area (Å²) in [6, 6.07) is 0. The van der Waals surface area contributed by atoms with Crippen molar-refractivity contribution in [2.75, 3.05) is 5.75 Å². The number of hydrogen-bond donors (Lipinski definition) is 1. The van der Waals surface area contributed by atoms with Crippen LogP contribution in [0, 0.1) is 0 Å². The van der Waals surface area contributed by atoms with Gasteiger partial charge in [-0.1, -0.05) is 11.6 Å². The molecule has 1 heterocycles. The molecule has 13 heavy (non-hydrogen) atoms. The van der Waals surface area contributed by atoms with Crippen LogP contribution in [0.15, 0.2) is 17.2 Å². The van der Waals surface area contributed by atoms with Gasteiger partial charge in [-0.05, 0) is 18.6 Å². The predicted molar refractivity (Wildman–Crippen MR) is 56.6 cm³/mol. The van der Waals surface area contributed by atoms with Crippen LogP contribution in [0.2, 0.25) is 5.02 Å². The molecule has 1 aromatic heterocycles. The van der Waals surface area contributed by atoms with Gasteiger partial charge < -0.3 is 0 Å². The molecular weight excluding hydrogens is 208 g/mol. The molecule has 0 bridgehead atoms. The third-order valence-electron chi connectivity index (χ3n) is 1.63. The zero-order chi connectivity index (χ0) is 9.68. The zero-order valence-electron chi connectivity index (χ0n) is 7.11. The number of thiol groups is 1. The molecule has 0 radical (unpaired) electrons. The van der Waals surface area contributed by atoms with Gasteiger partial charge in [0.25, 0.3) is 0 Å². The van der Waals surface area contributed by atoms with Gasteiger partial charge >= 0.3 is 5.69 Å². The molecule has 0 spiro atoms. The maximum absolute atomic E-state index is 11.1. The van der Waals surface area contributed by atoms with Crippen LogP contribution in [-0.2, 0) is 6.54 Å². The molecule has 1 aromatic rings. The highest BCUT2D eigenvalue weighted by Crippen LogP contribution is 2.02. The van der Waals surface area contributed by atoms with Gasteiger partial charge in [0, 0.05) is 12.7 Å². The Balaban J connectivity index is 2.65. The van der Waals surface area contributed by atoms with Crippen LogP contribution in [0.3, 0.4) is 0 Å². The maximum Gasteiger partial charge on any atom is 0.347 e. The van der Waals surface area contributed by atoms with Gasteiger partial charge in [0.05, 0.1) is 11.2 Å². The van der Waals surface area contributed by atoms with E-state index in [-0.39, 0.29) is 5.69 Å². The van der Waals surface area contributed by atoms with E-state index in [2.05, 4.69) is 17.6 Å². The topological polar surface area (TPSA) is 34.9 Å². The molecule has 0 aromatic carbocycles. The molecule has 0 N–H and O–H groups in total. The van der Waals surface area contributed by atoms with Crippen LogP contribution >= 0.6 is 24.2 Å². The van der Waals surface area contributed by atoms with E-state index in [1.54, 1.807) is 6.20 Å². The van der Waals surface area contributed by atoms with Crippen LogP contribution in [0.4, 0.5) is 0 Å². The minimum absolute atomic E-state index is 0.247. The molecule has 0 saturated heterocycles.